The standard InChI is InChI=1S/C45H44O3/c1-3-5-15-34-36-17-7-11-21-40(36)44(41-22-12-8-18-37(34)41)29-47-32-25-31(28-46)26-33(27-32)48-30-45-42-23-13-9-19-38(42)35(16-6-4-2)39-20-10-14-24-43(39)45/h7-14,17-27,46H,3-6,15-16,28-30H2,1-2H3. The quantitative estimate of drug-likeness (QED) is 0.129. The highest BCUT2D eigenvalue weighted by atomic mass is 16.5. The Morgan fingerprint density at radius 1 is 0.438 bits per heavy atom. The van der Waals surface area contributed by atoms with Gasteiger partial charge in [-0.2, -0.15) is 0 Å². The molecule has 0 aromatic heterocycles. The van der Waals surface area contributed by atoms with Crippen molar-refractivity contribution in [3.8, 4) is 11.5 Å². The van der Waals surface area contributed by atoms with Crippen LogP contribution in [0.25, 0.3) is 43.1 Å². The van der Waals surface area contributed by atoms with Crippen molar-refractivity contribution in [3.63, 3.8) is 0 Å². The molecule has 3 heteroatoms. The highest BCUT2D eigenvalue weighted by molar-refractivity contribution is 6.07. The molecule has 0 aliphatic rings. The van der Waals surface area contributed by atoms with E-state index >= 15 is 0 Å². The summed E-state index contributed by atoms with van der Waals surface area (Å²) < 4.78 is 13.1. The fourth-order valence-electron chi connectivity index (χ4n) is 7.37. The first kappa shape index (κ1) is 31.7. The van der Waals surface area contributed by atoms with Gasteiger partial charge in [0.25, 0.3) is 0 Å². The highest BCUT2D eigenvalue weighted by Gasteiger charge is 2.16. The molecule has 242 valence electrons. The van der Waals surface area contributed by atoms with Crippen molar-refractivity contribution in [2.24, 2.45) is 0 Å². The van der Waals surface area contributed by atoms with Crippen LogP contribution < -0.4 is 9.47 Å². The lowest BCUT2D eigenvalue weighted by Crippen LogP contribution is -2.03. The predicted molar refractivity (Wildman–Crippen MR) is 201 cm³/mol. The molecule has 0 heterocycles. The van der Waals surface area contributed by atoms with Gasteiger partial charge in [-0.25, -0.2) is 0 Å². The van der Waals surface area contributed by atoms with Gasteiger partial charge in [0.1, 0.15) is 24.7 Å². The van der Waals surface area contributed by atoms with E-state index in [4.69, 9.17) is 9.47 Å². The number of hydrogen-bond acceptors (Lipinski definition) is 3. The van der Waals surface area contributed by atoms with Crippen LogP contribution in [0.2, 0.25) is 0 Å². The summed E-state index contributed by atoms with van der Waals surface area (Å²) in [6.45, 7) is 5.23. The van der Waals surface area contributed by atoms with Crippen molar-refractivity contribution in [1.82, 2.24) is 0 Å². The first-order valence-electron chi connectivity index (χ1n) is 17.5. The molecular weight excluding hydrogens is 588 g/mol. The first-order valence-corrected chi connectivity index (χ1v) is 17.5. The molecule has 0 amide bonds. The van der Waals surface area contributed by atoms with E-state index in [0.29, 0.717) is 24.7 Å². The third-order valence-corrected chi connectivity index (χ3v) is 9.76. The molecule has 0 saturated heterocycles. The van der Waals surface area contributed by atoms with Gasteiger partial charge in [-0.05, 0) is 97.6 Å². The summed E-state index contributed by atoms with van der Waals surface area (Å²) in [5.41, 5.74) is 5.96. The predicted octanol–water partition coefficient (Wildman–Crippen LogP) is 11.6. The van der Waals surface area contributed by atoms with Crippen molar-refractivity contribution in [1.29, 1.82) is 0 Å². The molecule has 0 aliphatic heterocycles. The lowest BCUT2D eigenvalue weighted by molar-refractivity contribution is 0.271. The van der Waals surface area contributed by atoms with Gasteiger partial charge in [-0.1, -0.05) is 124 Å². The van der Waals surface area contributed by atoms with E-state index in [0.717, 1.165) is 44.1 Å². The number of fused-ring (bicyclic) bond motifs is 4. The minimum atomic E-state index is -0.0937. The van der Waals surface area contributed by atoms with E-state index in [1.165, 1.54) is 65.3 Å². The summed E-state index contributed by atoms with van der Waals surface area (Å²) >= 11 is 0. The first-order chi connectivity index (χ1) is 23.7. The Hall–Kier alpha value is -4.86. The van der Waals surface area contributed by atoms with E-state index in [9.17, 15) is 5.11 Å². The van der Waals surface area contributed by atoms with E-state index in [1.807, 2.05) is 18.2 Å². The monoisotopic (exact) mass is 632 g/mol. The van der Waals surface area contributed by atoms with Crippen molar-refractivity contribution >= 4 is 43.1 Å². The molecule has 1 N–H and O–H groups in total. The van der Waals surface area contributed by atoms with Gasteiger partial charge in [0.15, 0.2) is 0 Å². The average Bonchev–Trinajstić information content (AvgIpc) is 3.14. The van der Waals surface area contributed by atoms with Gasteiger partial charge in [0, 0.05) is 17.2 Å². The highest BCUT2D eigenvalue weighted by Crippen LogP contribution is 2.37. The van der Waals surface area contributed by atoms with Crippen molar-refractivity contribution < 1.29 is 14.6 Å². The second kappa shape index (κ2) is 14.5. The van der Waals surface area contributed by atoms with Crippen LogP contribution in [-0.2, 0) is 32.7 Å². The van der Waals surface area contributed by atoms with Gasteiger partial charge in [0.2, 0.25) is 0 Å². The average molecular weight is 633 g/mol. The molecule has 7 rings (SSSR count). The molecule has 0 radical (unpaired) electrons. The summed E-state index contributed by atoms with van der Waals surface area (Å²) in [6.07, 6.45) is 6.77. The number of unbranched alkanes of at least 4 members (excludes halogenated alkanes) is 2. The van der Waals surface area contributed by atoms with Gasteiger partial charge in [-0.3, -0.25) is 0 Å². The summed E-state index contributed by atoms with van der Waals surface area (Å²) in [6, 6.07) is 40.7. The zero-order valence-electron chi connectivity index (χ0n) is 28.1. The van der Waals surface area contributed by atoms with Crippen molar-refractivity contribution in [2.45, 2.75) is 72.2 Å². The van der Waals surface area contributed by atoms with Crippen LogP contribution in [0.3, 0.4) is 0 Å². The molecule has 0 atom stereocenters. The normalized spacial score (nSPS) is 11.6. The lowest BCUT2D eigenvalue weighted by Gasteiger charge is -2.19. The van der Waals surface area contributed by atoms with Crippen LogP contribution in [-0.4, -0.2) is 5.11 Å². The van der Waals surface area contributed by atoms with E-state index in [-0.39, 0.29) is 6.61 Å². The van der Waals surface area contributed by atoms with Gasteiger partial charge in [-0.15, -0.1) is 0 Å². The SMILES string of the molecule is CCCCc1c2ccccc2c(COc2cc(CO)cc(OCc3c4ccccc4c(CCCC)c4ccccc34)c2)c2ccccc12. The Labute approximate surface area is 283 Å². The Bertz CT molecular complexity index is 1950. The fraction of sp³-hybridized carbons (Fsp3) is 0.244. The Kier molecular flexibility index (Phi) is 9.58. The molecule has 48 heavy (non-hydrogen) atoms. The van der Waals surface area contributed by atoms with Crippen molar-refractivity contribution in [2.75, 3.05) is 0 Å². The minimum absolute atomic E-state index is 0.0937. The van der Waals surface area contributed by atoms with Crippen molar-refractivity contribution in [3.05, 3.63) is 143 Å². The maximum Gasteiger partial charge on any atom is 0.123 e. The molecule has 0 bridgehead atoms. The van der Waals surface area contributed by atoms with E-state index in [2.05, 4.69) is 111 Å². The smallest absolute Gasteiger partial charge is 0.123 e. The Morgan fingerprint density at radius 2 is 0.750 bits per heavy atom. The summed E-state index contributed by atoms with van der Waals surface area (Å²) in [4.78, 5) is 0. The van der Waals surface area contributed by atoms with Crippen LogP contribution in [0, 0.1) is 0 Å². The van der Waals surface area contributed by atoms with Crippen LogP contribution in [0.1, 0.15) is 67.3 Å². The molecule has 0 unspecified atom stereocenters. The second-order valence-corrected chi connectivity index (χ2v) is 12.9. The third kappa shape index (κ3) is 6.23. The lowest BCUT2D eigenvalue weighted by atomic mass is 9.90. The molecule has 7 aromatic rings. The maximum absolute atomic E-state index is 10.2. The largest absolute Gasteiger partial charge is 0.489 e. The fourth-order valence-corrected chi connectivity index (χ4v) is 7.37. The molecule has 0 spiro atoms. The molecule has 0 aliphatic carbocycles. The summed E-state index contributed by atoms with van der Waals surface area (Å²) in [5.74, 6) is 1.37. The topological polar surface area (TPSA) is 38.7 Å². The molecule has 0 saturated carbocycles. The number of aryl methyl sites for hydroxylation is 2. The molecular formula is C45H44O3. The zero-order chi connectivity index (χ0) is 32.9. The van der Waals surface area contributed by atoms with Gasteiger partial charge >= 0.3 is 0 Å². The van der Waals surface area contributed by atoms with E-state index < -0.39 is 0 Å². The van der Waals surface area contributed by atoms with Crippen LogP contribution in [0.5, 0.6) is 11.5 Å². The summed E-state index contributed by atoms with van der Waals surface area (Å²) in [7, 11) is 0. The maximum atomic E-state index is 10.2. The molecule has 0 fully saturated rings. The number of hydrogen-bond donors (Lipinski definition) is 1. The molecule has 7 aromatic carbocycles. The number of aliphatic hydroxyl groups excluding tert-OH is 1. The van der Waals surface area contributed by atoms with Crippen LogP contribution >= 0.6 is 0 Å². The number of benzene rings is 7. The number of rotatable bonds is 13. The number of aliphatic hydroxyl groups is 1. The third-order valence-electron chi connectivity index (χ3n) is 9.76. The minimum Gasteiger partial charge on any atom is -0.489 e. The number of ether oxygens (including phenoxy) is 2. The van der Waals surface area contributed by atoms with Crippen LogP contribution in [0.15, 0.2) is 115 Å². The van der Waals surface area contributed by atoms with Gasteiger partial charge in [0.05, 0.1) is 6.61 Å². The molecule has 3 nitrogen and oxygen atoms in total. The second-order valence-electron chi connectivity index (χ2n) is 12.9. The Morgan fingerprint density at radius 3 is 1.04 bits per heavy atom. The van der Waals surface area contributed by atoms with Crippen LogP contribution in [0.4, 0.5) is 0 Å². The van der Waals surface area contributed by atoms with E-state index in [1.54, 1.807) is 0 Å². The zero-order valence-corrected chi connectivity index (χ0v) is 28.1. The summed E-state index contributed by atoms with van der Waals surface area (Å²) in [5, 5.41) is 20.4. The Balaban J connectivity index is 1.22. The van der Waals surface area contributed by atoms with Gasteiger partial charge < -0.3 is 14.6 Å².